The highest BCUT2D eigenvalue weighted by Crippen LogP contribution is 2.27. The van der Waals surface area contributed by atoms with Crippen molar-refractivity contribution in [2.45, 2.75) is 10.6 Å². The summed E-state index contributed by atoms with van der Waals surface area (Å²) in [7, 11) is 0. The van der Waals surface area contributed by atoms with Crippen LogP contribution in [-0.4, -0.2) is 4.92 Å². The van der Waals surface area contributed by atoms with Crippen molar-refractivity contribution in [3.05, 3.63) is 70.0 Å². The second kappa shape index (κ2) is 5.64. The fourth-order valence-corrected chi connectivity index (χ4v) is 2.34. The quantitative estimate of drug-likeness (QED) is 0.475. The van der Waals surface area contributed by atoms with E-state index in [9.17, 15) is 14.5 Å². The maximum absolute atomic E-state index is 13.4. The van der Waals surface area contributed by atoms with Crippen molar-refractivity contribution in [1.82, 2.24) is 0 Å². The molecule has 0 heterocycles. The van der Waals surface area contributed by atoms with Gasteiger partial charge in [-0.2, -0.15) is 4.39 Å². The lowest BCUT2D eigenvalue weighted by Crippen LogP contribution is -1.92. The number of nitro groups is 1. The Kier molecular flexibility index (Phi) is 3.94. The van der Waals surface area contributed by atoms with Gasteiger partial charge in [0.15, 0.2) is 0 Å². The van der Waals surface area contributed by atoms with Crippen molar-refractivity contribution < 1.29 is 9.31 Å². The van der Waals surface area contributed by atoms with Gasteiger partial charge in [0.05, 0.1) is 4.92 Å². The smallest absolute Gasteiger partial charge is 0.258 e. The summed E-state index contributed by atoms with van der Waals surface area (Å²) in [5, 5.41) is 10.5. The van der Waals surface area contributed by atoms with Crippen molar-refractivity contribution in [3.8, 4) is 0 Å². The van der Waals surface area contributed by atoms with Crippen molar-refractivity contribution in [3.63, 3.8) is 0 Å². The van der Waals surface area contributed by atoms with E-state index in [1.807, 2.05) is 30.3 Å². The highest BCUT2D eigenvalue weighted by atomic mass is 32.2. The largest absolute Gasteiger partial charge is 0.304 e. The van der Waals surface area contributed by atoms with E-state index >= 15 is 0 Å². The Labute approximate surface area is 108 Å². The van der Waals surface area contributed by atoms with E-state index in [0.717, 1.165) is 5.56 Å². The Morgan fingerprint density at radius 2 is 1.89 bits per heavy atom. The first-order valence-electron chi connectivity index (χ1n) is 5.27. The van der Waals surface area contributed by atoms with Gasteiger partial charge < -0.3 is 0 Å². The molecule has 0 fully saturated rings. The maximum Gasteiger partial charge on any atom is 0.304 e. The molecule has 0 atom stereocenters. The standard InChI is InChI=1S/C13H10FNO2S/c14-12-8-11(6-7-13(12)15(16)17)18-9-10-4-2-1-3-5-10/h1-8H,9H2. The Morgan fingerprint density at radius 1 is 1.17 bits per heavy atom. The van der Waals surface area contributed by atoms with Crippen LogP contribution in [0.25, 0.3) is 0 Å². The van der Waals surface area contributed by atoms with Gasteiger partial charge in [0.25, 0.3) is 0 Å². The molecule has 0 amide bonds. The van der Waals surface area contributed by atoms with E-state index in [0.29, 0.717) is 10.6 Å². The lowest BCUT2D eigenvalue weighted by Gasteiger charge is -2.02. The summed E-state index contributed by atoms with van der Waals surface area (Å²) in [5.74, 6) is -0.0870. The van der Waals surface area contributed by atoms with E-state index in [1.54, 1.807) is 6.07 Å². The molecule has 0 aromatic heterocycles. The molecule has 0 radical (unpaired) electrons. The Bertz CT molecular complexity index is 560. The van der Waals surface area contributed by atoms with Crippen molar-refractivity contribution in [2.75, 3.05) is 0 Å². The fraction of sp³-hybridized carbons (Fsp3) is 0.0769. The lowest BCUT2D eigenvalue weighted by atomic mass is 10.2. The molecule has 18 heavy (non-hydrogen) atoms. The summed E-state index contributed by atoms with van der Waals surface area (Å²) in [4.78, 5) is 10.4. The summed E-state index contributed by atoms with van der Waals surface area (Å²) in [6.45, 7) is 0. The van der Waals surface area contributed by atoms with Crippen LogP contribution in [0.3, 0.4) is 0 Å². The zero-order valence-electron chi connectivity index (χ0n) is 9.38. The Balaban J connectivity index is 2.07. The van der Waals surface area contributed by atoms with Crippen LogP contribution in [0.2, 0.25) is 0 Å². The number of rotatable bonds is 4. The van der Waals surface area contributed by atoms with Gasteiger partial charge in [-0.05, 0) is 17.7 Å². The maximum atomic E-state index is 13.4. The van der Waals surface area contributed by atoms with Crippen molar-refractivity contribution >= 4 is 17.4 Å². The molecule has 0 aliphatic rings. The average molecular weight is 263 g/mol. The van der Waals surface area contributed by atoms with E-state index in [4.69, 9.17) is 0 Å². The van der Waals surface area contributed by atoms with E-state index in [1.165, 1.54) is 23.9 Å². The third-order valence-electron chi connectivity index (χ3n) is 2.36. The molecule has 0 N–H and O–H groups in total. The lowest BCUT2D eigenvalue weighted by molar-refractivity contribution is -0.387. The predicted octanol–water partition coefficient (Wildman–Crippen LogP) is 4.03. The van der Waals surface area contributed by atoms with Gasteiger partial charge in [-0.15, -0.1) is 11.8 Å². The second-order valence-electron chi connectivity index (χ2n) is 3.64. The minimum absolute atomic E-state index is 0.487. The molecular weight excluding hydrogens is 253 g/mol. The summed E-state index contributed by atoms with van der Waals surface area (Å²) in [6.07, 6.45) is 0. The third-order valence-corrected chi connectivity index (χ3v) is 3.43. The van der Waals surface area contributed by atoms with Crippen LogP contribution in [0.15, 0.2) is 53.4 Å². The molecule has 0 saturated carbocycles. The summed E-state index contributed by atoms with van der Waals surface area (Å²) in [6, 6.07) is 13.7. The molecule has 0 saturated heterocycles. The molecular formula is C13H10FNO2S. The number of hydrogen-bond acceptors (Lipinski definition) is 3. The Hall–Kier alpha value is -1.88. The Morgan fingerprint density at radius 3 is 2.50 bits per heavy atom. The summed E-state index contributed by atoms with van der Waals surface area (Å²) in [5.41, 5.74) is 0.639. The van der Waals surface area contributed by atoms with Gasteiger partial charge in [0.2, 0.25) is 5.82 Å². The van der Waals surface area contributed by atoms with E-state index in [-0.39, 0.29) is 0 Å². The van der Waals surface area contributed by atoms with Crippen LogP contribution < -0.4 is 0 Å². The van der Waals surface area contributed by atoms with Gasteiger partial charge in [0, 0.05) is 16.7 Å². The van der Waals surface area contributed by atoms with Crippen LogP contribution in [0, 0.1) is 15.9 Å². The van der Waals surface area contributed by atoms with Crippen molar-refractivity contribution in [1.29, 1.82) is 0 Å². The van der Waals surface area contributed by atoms with Crippen molar-refractivity contribution in [2.24, 2.45) is 0 Å². The van der Waals surface area contributed by atoms with Gasteiger partial charge in [-0.25, -0.2) is 0 Å². The highest BCUT2D eigenvalue weighted by Gasteiger charge is 2.13. The van der Waals surface area contributed by atoms with Crippen LogP contribution in [0.1, 0.15) is 5.56 Å². The predicted molar refractivity (Wildman–Crippen MR) is 69.1 cm³/mol. The van der Waals surface area contributed by atoms with E-state index < -0.39 is 16.4 Å². The number of hydrogen-bond donors (Lipinski definition) is 0. The molecule has 0 aliphatic carbocycles. The van der Waals surface area contributed by atoms with Gasteiger partial charge in [-0.3, -0.25) is 10.1 Å². The first-order valence-corrected chi connectivity index (χ1v) is 6.26. The first kappa shape index (κ1) is 12.6. The van der Waals surface area contributed by atoms with Crippen LogP contribution in [0.4, 0.5) is 10.1 Å². The zero-order chi connectivity index (χ0) is 13.0. The number of nitrogens with zero attached hydrogens (tertiary/aromatic N) is 1. The molecule has 0 unspecified atom stereocenters. The number of halogens is 1. The third kappa shape index (κ3) is 3.07. The van der Waals surface area contributed by atoms with Gasteiger partial charge >= 0.3 is 5.69 Å². The summed E-state index contributed by atoms with van der Waals surface area (Å²) < 4.78 is 13.4. The van der Waals surface area contributed by atoms with Crippen LogP contribution in [-0.2, 0) is 5.75 Å². The fourth-order valence-electron chi connectivity index (χ4n) is 1.47. The molecule has 2 rings (SSSR count). The molecule has 2 aromatic carbocycles. The zero-order valence-corrected chi connectivity index (χ0v) is 10.2. The molecule has 3 nitrogen and oxygen atoms in total. The monoisotopic (exact) mass is 263 g/mol. The van der Waals surface area contributed by atoms with Crippen LogP contribution >= 0.6 is 11.8 Å². The minimum Gasteiger partial charge on any atom is -0.258 e. The number of nitro benzene ring substituents is 1. The molecule has 0 aliphatic heterocycles. The number of benzene rings is 2. The first-order chi connectivity index (χ1) is 8.66. The highest BCUT2D eigenvalue weighted by molar-refractivity contribution is 7.98. The molecule has 5 heteroatoms. The topological polar surface area (TPSA) is 43.1 Å². The van der Waals surface area contributed by atoms with Gasteiger partial charge in [-0.1, -0.05) is 30.3 Å². The molecule has 0 spiro atoms. The molecule has 0 bridgehead atoms. The van der Waals surface area contributed by atoms with Crippen LogP contribution in [0.5, 0.6) is 0 Å². The second-order valence-corrected chi connectivity index (χ2v) is 4.69. The molecule has 92 valence electrons. The SMILES string of the molecule is O=[N+]([O-])c1ccc(SCc2ccccc2)cc1F. The number of thioether (sulfide) groups is 1. The van der Waals surface area contributed by atoms with Gasteiger partial charge in [0.1, 0.15) is 0 Å². The normalized spacial score (nSPS) is 10.3. The average Bonchev–Trinajstić information content (AvgIpc) is 2.37. The minimum atomic E-state index is -0.793. The van der Waals surface area contributed by atoms with E-state index in [2.05, 4.69) is 0 Å². The summed E-state index contributed by atoms with van der Waals surface area (Å²) >= 11 is 1.45. The molecule has 2 aromatic rings.